The monoisotopic (exact) mass is 932 g/mol. The number of piperidine rings is 1. The molecule has 1 saturated heterocycles. The molecule has 1 aromatic heterocycles. The van der Waals surface area contributed by atoms with Crippen LogP contribution >= 0.6 is 11.3 Å². The molecule has 6 N–H and O–H groups in total. The van der Waals surface area contributed by atoms with Crippen molar-refractivity contribution in [2.45, 2.75) is 169 Å². The van der Waals surface area contributed by atoms with E-state index < -0.39 is 53.2 Å². The Morgan fingerprint density at radius 2 is 1.77 bits per heavy atom. The number of carbonyl (C=O) groups excluding carboxylic acids is 4. The number of ether oxygens (including phenoxy) is 1. The SMILES string of the molecule is CCCCCCN(C(=O)[C@@H](NC(=O)[C@H]1CCCCN1C)[C@@H](C)CC)[C@H](C[C@@H](O)c1nc(C(=O)N[C@@H](Cc2ccc(NC(=O)CNC(C)OCC)c(F)c2)CC(C)(C)C(=O)O)cs1)C(C)C. The number of hydrogen-bond donors (Lipinski definition) is 6. The summed E-state index contributed by atoms with van der Waals surface area (Å²) in [6.45, 7) is 18.5. The number of aliphatic hydroxyl groups excluding tert-OH is 1. The third-order valence-corrected chi connectivity index (χ3v) is 13.4. The third kappa shape index (κ3) is 17.3. The molecule has 3 rings (SSSR count). The number of carboxylic acids is 1. The number of nitrogens with zero attached hydrogens (tertiary/aromatic N) is 3. The largest absolute Gasteiger partial charge is 0.481 e. The first kappa shape index (κ1) is 55.3. The fourth-order valence-electron chi connectivity index (χ4n) is 8.25. The Labute approximate surface area is 390 Å². The predicted molar refractivity (Wildman–Crippen MR) is 253 cm³/mol. The smallest absolute Gasteiger partial charge is 0.309 e. The van der Waals surface area contributed by atoms with Crippen LogP contribution in [-0.4, -0.2) is 118 Å². The standard InChI is InChI=1S/C48H78FN7O8S/c1-11-14-15-17-23-56(46(61)42(31(6)12-2)54-44(60)38-19-16-18-22-55(38)10)39(30(4)5)26-40(57)45-53-37(29-65-45)43(59)51-34(27-48(8,9)47(62)63)24-33-20-21-36(35(49)25-33)52-41(58)28-50-32(7)64-13-3/h20-21,25,29-32,34,38-40,42,50,57H,11-19,22-24,26-28H2,1-10H3,(H,51,59)(H,52,58)(H,54,60)(H,62,63)/t31-,32?,34-,38+,39+,40+,42-/m0/s1. The molecule has 2 aromatic rings. The third-order valence-electron chi connectivity index (χ3n) is 12.5. The maximum atomic E-state index is 15.3. The predicted octanol–water partition coefficient (Wildman–Crippen LogP) is 6.91. The lowest BCUT2D eigenvalue weighted by molar-refractivity contribution is -0.147. The topological polar surface area (TPSA) is 203 Å². The van der Waals surface area contributed by atoms with Gasteiger partial charge in [-0.2, -0.15) is 0 Å². The first-order chi connectivity index (χ1) is 30.7. The fourth-order valence-corrected chi connectivity index (χ4v) is 9.04. The first-order valence-electron chi connectivity index (χ1n) is 23.6. The Morgan fingerprint density at radius 1 is 1.05 bits per heavy atom. The summed E-state index contributed by atoms with van der Waals surface area (Å²) in [6.07, 6.45) is 5.91. The zero-order valence-electron chi connectivity index (χ0n) is 40.5. The Kier molecular flexibility index (Phi) is 22.9. The number of carboxylic acid groups (broad SMARTS) is 1. The van der Waals surface area contributed by atoms with Crippen molar-refractivity contribution >= 4 is 46.6 Å². The van der Waals surface area contributed by atoms with Gasteiger partial charge >= 0.3 is 5.97 Å². The highest BCUT2D eigenvalue weighted by molar-refractivity contribution is 7.09. The molecule has 15 nitrogen and oxygen atoms in total. The normalized spacial score (nSPS) is 17.4. The number of unbranched alkanes of at least 4 members (excludes halogenated alkanes) is 3. The van der Waals surface area contributed by atoms with E-state index >= 15 is 4.39 Å². The number of nitrogens with one attached hydrogen (secondary N) is 4. The van der Waals surface area contributed by atoms with E-state index in [1.54, 1.807) is 26.8 Å². The van der Waals surface area contributed by atoms with Gasteiger partial charge in [0.05, 0.1) is 23.7 Å². The molecule has 0 aliphatic carbocycles. The molecule has 1 aliphatic heterocycles. The lowest BCUT2D eigenvalue weighted by Crippen LogP contribution is -2.58. The zero-order chi connectivity index (χ0) is 48.4. The van der Waals surface area contributed by atoms with Crippen molar-refractivity contribution in [2.24, 2.45) is 17.3 Å². The van der Waals surface area contributed by atoms with Crippen LogP contribution in [0.3, 0.4) is 0 Å². The minimum absolute atomic E-state index is 0.00508. The Bertz CT molecular complexity index is 1850. The number of aliphatic carboxylic acids is 1. The molecular formula is C48H78FN7O8S. The van der Waals surface area contributed by atoms with Crippen LogP contribution in [0.15, 0.2) is 23.6 Å². The van der Waals surface area contributed by atoms with Crippen molar-refractivity contribution in [3.8, 4) is 0 Å². The minimum Gasteiger partial charge on any atom is -0.481 e. The molecular weight excluding hydrogens is 854 g/mol. The number of likely N-dealkylation sites (tertiary alicyclic amines) is 1. The van der Waals surface area contributed by atoms with Gasteiger partial charge in [0.15, 0.2) is 0 Å². The average molecular weight is 932 g/mol. The summed E-state index contributed by atoms with van der Waals surface area (Å²) in [7, 11) is 1.95. The summed E-state index contributed by atoms with van der Waals surface area (Å²) in [5.74, 6) is -3.31. The van der Waals surface area contributed by atoms with Crippen molar-refractivity contribution in [1.82, 2.24) is 30.7 Å². The number of hydrogen-bond acceptors (Lipinski definition) is 11. The van der Waals surface area contributed by atoms with Gasteiger partial charge in [-0.3, -0.25) is 34.2 Å². The van der Waals surface area contributed by atoms with Crippen molar-refractivity contribution in [2.75, 3.05) is 38.6 Å². The molecule has 0 saturated carbocycles. The van der Waals surface area contributed by atoms with E-state index in [0.29, 0.717) is 25.1 Å². The van der Waals surface area contributed by atoms with Gasteiger partial charge in [0.25, 0.3) is 5.91 Å². The average Bonchev–Trinajstić information content (AvgIpc) is 3.76. The minimum atomic E-state index is -1.26. The second-order valence-corrected chi connectivity index (χ2v) is 19.6. The molecule has 1 aliphatic rings. The maximum absolute atomic E-state index is 15.3. The number of rotatable bonds is 28. The Balaban J connectivity index is 1.82. The zero-order valence-corrected chi connectivity index (χ0v) is 41.3. The van der Waals surface area contributed by atoms with Gasteiger partial charge in [-0.05, 0) is 103 Å². The maximum Gasteiger partial charge on any atom is 0.309 e. The van der Waals surface area contributed by atoms with Gasteiger partial charge in [-0.25, -0.2) is 9.37 Å². The summed E-state index contributed by atoms with van der Waals surface area (Å²) in [6, 6.07) is 2.07. The molecule has 0 radical (unpaired) electrons. The van der Waals surface area contributed by atoms with Crippen LogP contribution in [0.2, 0.25) is 0 Å². The van der Waals surface area contributed by atoms with Crippen LogP contribution in [0, 0.1) is 23.1 Å². The van der Waals surface area contributed by atoms with Crippen molar-refractivity contribution < 1.29 is 43.3 Å². The Hall–Kier alpha value is -4.03. The first-order valence-corrected chi connectivity index (χ1v) is 24.5. The molecule has 1 unspecified atom stereocenters. The number of anilines is 1. The Morgan fingerprint density at radius 3 is 2.38 bits per heavy atom. The number of thiazole rings is 1. The quantitative estimate of drug-likeness (QED) is 0.0383. The van der Waals surface area contributed by atoms with E-state index in [2.05, 4.69) is 38.1 Å². The number of amides is 4. The highest BCUT2D eigenvalue weighted by atomic mass is 32.1. The summed E-state index contributed by atoms with van der Waals surface area (Å²) < 4.78 is 20.6. The molecule has 0 spiro atoms. The second-order valence-electron chi connectivity index (χ2n) is 18.7. The van der Waals surface area contributed by atoms with Gasteiger partial charge in [0.2, 0.25) is 17.7 Å². The number of aliphatic hydroxyl groups is 1. The van der Waals surface area contributed by atoms with Crippen molar-refractivity contribution in [1.29, 1.82) is 0 Å². The second kappa shape index (κ2) is 26.9. The molecule has 1 fully saturated rings. The van der Waals surface area contributed by atoms with Gasteiger partial charge < -0.3 is 35.8 Å². The van der Waals surface area contributed by atoms with Crippen LogP contribution in [0.5, 0.6) is 0 Å². The molecule has 1 aromatic carbocycles. The van der Waals surface area contributed by atoms with Crippen LogP contribution in [0.25, 0.3) is 0 Å². The molecule has 7 atom stereocenters. The number of carbonyl (C=O) groups is 5. The van der Waals surface area contributed by atoms with Gasteiger partial charge in [0.1, 0.15) is 34.9 Å². The number of halogens is 1. The van der Waals surface area contributed by atoms with E-state index in [0.717, 1.165) is 62.8 Å². The summed E-state index contributed by atoms with van der Waals surface area (Å²) in [4.78, 5) is 75.3. The van der Waals surface area contributed by atoms with Crippen LogP contribution in [-0.2, 0) is 30.3 Å². The van der Waals surface area contributed by atoms with Crippen LogP contribution in [0.4, 0.5) is 10.1 Å². The highest BCUT2D eigenvalue weighted by Gasteiger charge is 2.38. The highest BCUT2D eigenvalue weighted by Crippen LogP contribution is 2.30. The number of likely N-dealkylation sites (N-methyl/N-ethyl adjacent to an activating group) is 1. The van der Waals surface area contributed by atoms with E-state index in [4.69, 9.17) is 4.74 Å². The van der Waals surface area contributed by atoms with Crippen LogP contribution in [0.1, 0.15) is 154 Å². The molecule has 2 heterocycles. The van der Waals surface area contributed by atoms with E-state index in [9.17, 15) is 34.2 Å². The number of aromatic nitrogens is 1. The summed E-state index contributed by atoms with van der Waals surface area (Å²) in [5.41, 5.74) is -0.791. The van der Waals surface area contributed by atoms with Crippen molar-refractivity contribution in [3.63, 3.8) is 0 Å². The summed E-state index contributed by atoms with van der Waals surface area (Å²) in [5, 5.41) is 35.0. The van der Waals surface area contributed by atoms with E-state index in [1.165, 1.54) is 17.5 Å². The van der Waals surface area contributed by atoms with Gasteiger partial charge in [0, 0.05) is 37.0 Å². The summed E-state index contributed by atoms with van der Waals surface area (Å²) >= 11 is 1.11. The van der Waals surface area contributed by atoms with E-state index in [-0.39, 0.29) is 78.1 Å². The molecule has 0 bridgehead atoms. The lowest BCUT2D eigenvalue weighted by Gasteiger charge is -2.40. The number of benzene rings is 1. The van der Waals surface area contributed by atoms with Crippen LogP contribution < -0.4 is 21.3 Å². The molecule has 65 heavy (non-hydrogen) atoms. The lowest BCUT2D eigenvalue weighted by atomic mass is 9.84. The van der Waals surface area contributed by atoms with Crippen molar-refractivity contribution in [3.05, 3.63) is 45.7 Å². The molecule has 4 amide bonds. The molecule has 17 heteroatoms. The fraction of sp³-hybridized carbons (Fsp3) is 0.708. The molecule has 366 valence electrons. The van der Waals surface area contributed by atoms with Gasteiger partial charge in [-0.15, -0.1) is 11.3 Å². The van der Waals surface area contributed by atoms with E-state index in [1.807, 2.05) is 46.6 Å². The van der Waals surface area contributed by atoms with Gasteiger partial charge in [-0.1, -0.05) is 72.8 Å².